The van der Waals surface area contributed by atoms with Crippen molar-refractivity contribution >= 4 is 5.97 Å². The first-order chi connectivity index (χ1) is 9.16. The Balaban J connectivity index is 1.93. The maximum atomic E-state index is 10.8. The van der Waals surface area contributed by atoms with E-state index >= 15 is 0 Å². The van der Waals surface area contributed by atoms with E-state index in [9.17, 15) is 4.79 Å². The highest BCUT2D eigenvalue weighted by Crippen LogP contribution is 2.12. The molecule has 2 rings (SSSR count). The Morgan fingerprint density at radius 2 is 2.16 bits per heavy atom. The molecule has 0 aliphatic carbocycles. The van der Waals surface area contributed by atoms with E-state index in [-0.39, 0.29) is 5.56 Å². The van der Waals surface area contributed by atoms with Crippen LogP contribution < -0.4 is 4.74 Å². The van der Waals surface area contributed by atoms with Crippen LogP contribution >= 0.6 is 0 Å². The van der Waals surface area contributed by atoms with Gasteiger partial charge in [-0.3, -0.25) is 4.98 Å². The number of carboxylic acid groups (broad SMARTS) is 1. The van der Waals surface area contributed by atoms with Gasteiger partial charge in [0.2, 0.25) is 5.88 Å². The van der Waals surface area contributed by atoms with Crippen LogP contribution in [0.2, 0.25) is 0 Å². The summed E-state index contributed by atoms with van der Waals surface area (Å²) in [6, 6.07) is 8.78. The maximum absolute atomic E-state index is 10.8. The lowest BCUT2D eigenvalue weighted by atomic mass is 10.2. The maximum Gasteiger partial charge on any atom is 0.337 e. The molecule has 2 heterocycles. The fraction of sp³-hybridized carbons (Fsp3) is 0.214. The molecule has 0 fully saturated rings. The second-order valence-electron chi connectivity index (χ2n) is 4.01. The molecule has 0 unspecified atom stereocenters. The van der Waals surface area contributed by atoms with E-state index in [0.29, 0.717) is 24.6 Å². The Kier molecular flexibility index (Phi) is 4.07. The van der Waals surface area contributed by atoms with Crippen LogP contribution in [0.4, 0.5) is 0 Å². The second-order valence-corrected chi connectivity index (χ2v) is 4.01. The molecule has 0 spiro atoms. The molecule has 0 amide bonds. The van der Waals surface area contributed by atoms with E-state index in [4.69, 9.17) is 9.84 Å². The van der Waals surface area contributed by atoms with Gasteiger partial charge in [-0.1, -0.05) is 6.07 Å². The minimum Gasteiger partial charge on any atom is -0.478 e. The molecule has 0 atom stereocenters. The number of aromatic carboxylic acids is 1. The van der Waals surface area contributed by atoms with E-state index in [2.05, 4.69) is 9.97 Å². The number of carboxylic acids is 1. The van der Waals surface area contributed by atoms with Crippen molar-refractivity contribution in [1.29, 1.82) is 0 Å². The summed E-state index contributed by atoms with van der Waals surface area (Å²) >= 11 is 0. The van der Waals surface area contributed by atoms with Gasteiger partial charge in [0.1, 0.15) is 0 Å². The summed E-state index contributed by atoms with van der Waals surface area (Å²) in [7, 11) is 0. The molecule has 0 aliphatic heterocycles. The third kappa shape index (κ3) is 3.51. The minimum absolute atomic E-state index is 0.192. The SMILES string of the molecule is Cc1nc(OCCc2ccccn2)ccc1C(=O)O. The molecule has 98 valence electrons. The minimum atomic E-state index is -0.981. The van der Waals surface area contributed by atoms with Gasteiger partial charge >= 0.3 is 5.97 Å². The van der Waals surface area contributed by atoms with Gasteiger partial charge in [-0.25, -0.2) is 9.78 Å². The van der Waals surface area contributed by atoms with Gasteiger partial charge in [0.05, 0.1) is 17.9 Å². The van der Waals surface area contributed by atoms with Crippen molar-refractivity contribution in [1.82, 2.24) is 9.97 Å². The van der Waals surface area contributed by atoms with Crippen molar-refractivity contribution in [3.05, 3.63) is 53.5 Å². The summed E-state index contributed by atoms with van der Waals surface area (Å²) in [6.07, 6.45) is 2.42. The molecular weight excluding hydrogens is 244 g/mol. The van der Waals surface area contributed by atoms with E-state index in [1.807, 2.05) is 18.2 Å². The molecule has 0 saturated heterocycles. The Morgan fingerprint density at radius 3 is 2.79 bits per heavy atom. The molecule has 5 heteroatoms. The van der Waals surface area contributed by atoms with Gasteiger partial charge in [0.15, 0.2) is 0 Å². The Morgan fingerprint density at radius 1 is 1.32 bits per heavy atom. The first kappa shape index (κ1) is 13.0. The van der Waals surface area contributed by atoms with Gasteiger partial charge < -0.3 is 9.84 Å². The summed E-state index contributed by atoms with van der Waals surface area (Å²) in [6.45, 7) is 2.10. The summed E-state index contributed by atoms with van der Waals surface area (Å²) in [4.78, 5) is 19.1. The number of nitrogens with zero attached hydrogens (tertiary/aromatic N) is 2. The number of rotatable bonds is 5. The van der Waals surface area contributed by atoms with Crippen molar-refractivity contribution in [2.24, 2.45) is 0 Å². The van der Waals surface area contributed by atoms with Crippen molar-refractivity contribution < 1.29 is 14.6 Å². The van der Waals surface area contributed by atoms with Crippen LogP contribution in [0.15, 0.2) is 36.5 Å². The van der Waals surface area contributed by atoms with E-state index < -0.39 is 5.97 Å². The molecular formula is C14H14N2O3. The average Bonchev–Trinajstić information content (AvgIpc) is 2.39. The fourth-order valence-corrected chi connectivity index (χ4v) is 1.65. The molecule has 0 bridgehead atoms. The van der Waals surface area contributed by atoms with Crippen molar-refractivity contribution in [2.45, 2.75) is 13.3 Å². The second kappa shape index (κ2) is 5.95. The number of hydrogen-bond donors (Lipinski definition) is 1. The highest BCUT2D eigenvalue weighted by Gasteiger charge is 2.09. The van der Waals surface area contributed by atoms with Gasteiger partial charge in [-0.05, 0) is 25.1 Å². The van der Waals surface area contributed by atoms with Gasteiger partial charge in [-0.2, -0.15) is 0 Å². The third-order valence-electron chi connectivity index (χ3n) is 2.62. The van der Waals surface area contributed by atoms with Gasteiger partial charge in [-0.15, -0.1) is 0 Å². The number of hydrogen-bond acceptors (Lipinski definition) is 4. The Bertz CT molecular complexity index is 570. The largest absolute Gasteiger partial charge is 0.478 e. The predicted molar refractivity (Wildman–Crippen MR) is 69.4 cm³/mol. The van der Waals surface area contributed by atoms with E-state index in [0.717, 1.165) is 5.69 Å². The molecule has 0 saturated carbocycles. The van der Waals surface area contributed by atoms with Crippen LogP contribution in [0.5, 0.6) is 5.88 Å². The monoisotopic (exact) mass is 258 g/mol. The molecule has 0 aromatic carbocycles. The highest BCUT2D eigenvalue weighted by molar-refractivity contribution is 5.88. The number of aromatic nitrogens is 2. The van der Waals surface area contributed by atoms with Crippen molar-refractivity contribution in [2.75, 3.05) is 6.61 Å². The number of pyridine rings is 2. The lowest BCUT2D eigenvalue weighted by molar-refractivity contribution is 0.0695. The molecule has 19 heavy (non-hydrogen) atoms. The highest BCUT2D eigenvalue weighted by atomic mass is 16.5. The summed E-state index contributed by atoms with van der Waals surface area (Å²) in [5.74, 6) is -0.552. The third-order valence-corrected chi connectivity index (χ3v) is 2.62. The number of ether oxygens (including phenoxy) is 1. The molecule has 0 aliphatic rings. The summed E-state index contributed by atoms with van der Waals surface area (Å²) in [5.41, 5.74) is 1.58. The zero-order valence-electron chi connectivity index (χ0n) is 10.5. The van der Waals surface area contributed by atoms with E-state index in [1.54, 1.807) is 19.2 Å². The average molecular weight is 258 g/mol. The van der Waals surface area contributed by atoms with Crippen LogP contribution in [-0.4, -0.2) is 27.7 Å². The van der Waals surface area contributed by atoms with Crippen LogP contribution in [0.25, 0.3) is 0 Å². The van der Waals surface area contributed by atoms with Crippen LogP contribution in [0.3, 0.4) is 0 Å². The summed E-state index contributed by atoms with van der Waals surface area (Å²) < 4.78 is 5.48. The number of carbonyl (C=O) groups is 1. The molecule has 2 aromatic rings. The number of aryl methyl sites for hydroxylation is 1. The standard InChI is InChI=1S/C14H14N2O3/c1-10-12(14(17)18)5-6-13(16-10)19-9-7-11-4-2-3-8-15-11/h2-6,8H,7,9H2,1H3,(H,17,18). The lowest BCUT2D eigenvalue weighted by Crippen LogP contribution is -2.06. The Labute approximate surface area is 110 Å². The van der Waals surface area contributed by atoms with Crippen molar-refractivity contribution in [3.63, 3.8) is 0 Å². The quantitative estimate of drug-likeness (QED) is 0.889. The zero-order chi connectivity index (χ0) is 13.7. The van der Waals surface area contributed by atoms with Crippen molar-refractivity contribution in [3.8, 4) is 5.88 Å². The first-order valence-corrected chi connectivity index (χ1v) is 5.90. The molecule has 1 N–H and O–H groups in total. The normalized spacial score (nSPS) is 10.2. The van der Waals surface area contributed by atoms with Crippen LogP contribution in [-0.2, 0) is 6.42 Å². The molecule has 2 aromatic heterocycles. The van der Waals surface area contributed by atoms with Gasteiger partial charge in [0, 0.05) is 24.4 Å². The van der Waals surface area contributed by atoms with Gasteiger partial charge in [0.25, 0.3) is 0 Å². The Hall–Kier alpha value is -2.43. The molecule has 5 nitrogen and oxygen atoms in total. The fourth-order valence-electron chi connectivity index (χ4n) is 1.65. The smallest absolute Gasteiger partial charge is 0.337 e. The lowest BCUT2D eigenvalue weighted by Gasteiger charge is -2.07. The zero-order valence-corrected chi connectivity index (χ0v) is 10.5. The topological polar surface area (TPSA) is 72.3 Å². The van der Waals surface area contributed by atoms with Crippen LogP contribution in [0, 0.1) is 6.92 Å². The van der Waals surface area contributed by atoms with E-state index in [1.165, 1.54) is 6.07 Å². The predicted octanol–water partition coefficient (Wildman–Crippen LogP) is 2.10. The van der Waals surface area contributed by atoms with Crippen LogP contribution in [0.1, 0.15) is 21.7 Å². The molecule has 0 radical (unpaired) electrons. The first-order valence-electron chi connectivity index (χ1n) is 5.90. The summed E-state index contributed by atoms with van der Waals surface area (Å²) in [5, 5.41) is 8.89.